The van der Waals surface area contributed by atoms with Crippen LogP contribution in [0.3, 0.4) is 0 Å². The highest BCUT2D eigenvalue weighted by Crippen LogP contribution is 2.37. The first-order valence-electron chi connectivity index (χ1n) is 9.20. The van der Waals surface area contributed by atoms with Gasteiger partial charge in [0.05, 0.1) is 11.7 Å². The molecule has 2 fully saturated rings. The number of aliphatic imine (C=N–C) groups is 1. The lowest BCUT2D eigenvalue weighted by Gasteiger charge is -2.22. The Balaban J connectivity index is 1.82. The number of rotatable bonds is 5. The third kappa shape index (κ3) is 6.26. The number of halogens is 4. The molecule has 3 rings (SSSR count). The second-order valence-corrected chi connectivity index (χ2v) is 9.73. The van der Waals surface area contributed by atoms with Gasteiger partial charge in [0.1, 0.15) is 5.75 Å². The van der Waals surface area contributed by atoms with Crippen LogP contribution in [-0.2, 0) is 4.74 Å². The Hall–Kier alpha value is -1.45. The summed E-state index contributed by atoms with van der Waals surface area (Å²) in [7, 11) is 0. The van der Waals surface area contributed by atoms with Crippen molar-refractivity contribution in [3.63, 3.8) is 0 Å². The van der Waals surface area contributed by atoms with E-state index >= 15 is 0 Å². The molecule has 2 aliphatic heterocycles. The first-order chi connectivity index (χ1) is 13.5. The van der Waals surface area contributed by atoms with E-state index in [0.717, 1.165) is 19.4 Å². The highest BCUT2D eigenvalue weighted by molar-refractivity contribution is 8.15. The molecule has 0 radical (unpaired) electrons. The summed E-state index contributed by atoms with van der Waals surface area (Å²) in [6.45, 7) is 4.63. The molecule has 1 aromatic rings. The Morgan fingerprint density at radius 3 is 2.86 bits per heavy atom. The van der Waals surface area contributed by atoms with Gasteiger partial charge in [-0.15, -0.1) is 0 Å². The van der Waals surface area contributed by atoms with Gasteiger partial charge in [-0.1, -0.05) is 23.4 Å². The number of benzene rings is 1. The highest BCUT2D eigenvalue weighted by Gasteiger charge is 2.37. The van der Waals surface area contributed by atoms with Crippen molar-refractivity contribution in [2.45, 2.75) is 43.7 Å². The molecule has 1 atom stereocenters. The van der Waals surface area contributed by atoms with Crippen LogP contribution in [0.2, 0.25) is 5.02 Å². The number of amidine groups is 1. The summed E-state index contributed by atoms with van der Waals surface area (Å²) in [6, 6.07) is 3.89. The SMILES string of the molecule is CC1(C)CN(CC2CCCO2)C(=NC(=O)c2cc(Cl)ccc2OCC(F)(F)F)S1. The first kappa shape index (κ1) is 22.2. The average molecular weight is 451 g/mol. The van der Waals surface area contributed by atoms with Crippen LogP contribution in [0.4, 0.5) is 13.2 Å². The Bertz CT molecular complexity index is 795. The molecule has 0 saturated carbocycles. The lowest BCUT2D eigenvalue weighted by molar-refractivity contribution is -0.153. The second kappa shape index (κ2) is 8.73. The molecule has 5 nitrogen and oxygen atoms in total. The summed E-state index contributed by atoms with van der Waals surface area (Å²) in [5.74, 6) is -0.892. The van der Waals surface area contributed by atoms with E-state index in [1.165, 1.54) is 30.0 Å². The third-order valence-electron chi connectivity index (χ3n) is 4.42. The summed E-state index contributed by atoms with van der Waals surface area (Å²) < 4.78 is 47.9. The predicted molar refractivity (Wildman–Crippen MR) is 107 cm³/mol. The maximum Gasteiger partial charge on any atom is 0.422 e. The number of hydrogen-bond donors (Lipinski definition) is 0. The van der Waals surface area contributed by atoms with E-state index in [0.29, 0.717) is 18.3 Å². The van der Waals surface area contributed by atoms with Crippen LogP contribution in [0, 0.1) is 0 Å². The van der Waals surface area contributed by atoms with Gasteiger partial charge < -0.3 is 14.4 Å². The van der Waals surface area contributed by atoms with Crippen LogP contribution < -0.4 is 4.74 Å². The maximum absolute atomic E-state index is 12.8. The average Bonchev–Trinajstić information content (AvgIpc) is 3.20. The summed E-state index contributed by atoms with van der Waals surface area (Å²) in [6.07, 6.45) is -2.48. The fourth-order valence-corrected chi connectivity index (χ4v) is 4.53. The molecule has 29 heavy (non-hydrogen) atoms. The third-order valence-corrected chi connectivity index (χ3v) is 5.87. The van der Waals surface area contributed by atoms with E-state index in [1.807, 2.05) is 18.7 Å². The van der Waals surface area contributed by atoms with Crippen molar-refractivity contribution in [2.24, 2.45) is 4.99 Å². The zero-order chi connectivity index (χ0) is 21.2. The fraction of sp³-hybridized carbons (Fsp3) is 0.579. The lowest BCUT2D eigenvalue weighted by Crippen LogP contribution is -2.35. The molecule has 1 unspecified atom stereocenters. The monoisotopic (exact) mass is 450 g/mol. The number of nitrogens with zero attached hydrogens (tertiary/aromatic N) is 2. The van der Waals surface area contributed by atoms with Crippen molar-refractivity contribution in [3.05, 3.63) is 28.8 Å². The number of ether oxygens (including phenoxy) is 2. The number of alkyl halides is 3. The molecule has 0 bridgehead atoms. The van der Waals surface area contributed by atoms with Crippen LogP contribution in [0.1, 0.15) is 37.0 Å². The van der Waals surface area contributed by atoms with Gasteiger partial charge in [-0.3, -0.25) is 4.79 Å². The molecular weight excluding hydrogens is 429 g/mol. The van der Waals surface area contributed by atoms with Gasteiger partial charge in [-0.25, -0.2) is 0 Å². The molecular formula is C19H22ClF3N2O3S. The molecule has 10 heteroatoms. The van der Waals surface area contributed by atoms with E-state index in [9.17, 15) is 18.0 Å². The van der Waals surface area contributed by atoms with Crippen molar-refractivity contribution in [3.8, 4) is 5.75 Å². The Kier molecular flexibility index (Phi) is 6.70. The number of thioether (sulfide) groups is 1. The van der Waals surface area contributed by atoms with E-state index in [4.69, 9.17) is 21.1 Å². The van der Waals surface area contributed by atoms with Crippen molar-refractivity contribution in [2.75, 3.05) is 26.3 Å². The van der Waals surface area contributed by atoms with Gasteiger partial charge in [0.2, 0.25) is 0 Å². The van der Waals surface area contributed by atoms with E-state index < -0.39 is 18.7 Å². The molecule has 2 aliphatic rings. The van der Waals surface area contributed by atoms with Crippen molar-refractivity contribution >= 4 is 34.4 Å². The number of amides is 1. The number of hydrogen-bond acceptors (Lipinski definition) is 4. The van der Waals surface area contributed by atoms with Gasteiger partial charge in [-0.2, -0.15) is 18.2 Å². The van der Waals surface area contributed by atoms with E-state index in [2.05, 4.69) is 4.99 Å². The number of carbonyl (C=O) groups is 1. The van der Waals surface area contributed by atoms with Crippen LogP contribution in [0.5, 0.6) is 5.75 Å². The Morgan fingerprint density at radius 1 is 1.45 bits per heavy atom. The number of carbonyl (C=O) groups excluding carboxylic acids is 1. The van der Waals surface area contributed by atoms with Crippen LogP contribution in [0.25, 0.3) is 0 Å². The summed E-state index contributed by atoms with van der Waals surface area (Å²) in [5, 5.41) is 0.737. The highest BCUT2D eigenvalue weighted by atomic mass is 35.5. The van der Waals surface area contributed by atoms with Crippen LogP contribution >= 0.6 is 23.4 Å². The van der Waals surface area contributed by atoms with Gasteiger partial charge in [0, 0.05) is 29.5 Å². The summed E-state index contributed by atoms with van der Waals surface area (Å²) in [5.41, 5.74) is -0.100. The molecule has 2 saturated heterocycles. The summed E-state index contributed by atoms with van der Waals surface area (Å²) >= 11 is 7.40. The molecule has 0 spiro atoms. The molecule has 0 aromatic heterocycles. The van der Waals surface area contributed by atoms with Crippen LogP contribution in [-0.4, -0.2) is 59.3 Å². The van der Waals surface area contributed by atoms with Crippen molar-refractivity contribution < 1.29 is 27.4 Å². The molecule has 1 aromatic carbocycles. The minimum atomic E-state index is -4.52. The lowest BCUT2D eigenvalue weighted by atomic mass is 10.1. The first-order valence-corrected chi connectivity index (χ1v) is 10.4. The van der Waals surface area contributed by atoms with Gasteiger partial charge in [0.25, 0.3) is 5.91 Å². The molecule has 2 heterocycles. The Labute approximate surface area is 176 Å². The minimum absolute atomic E-state index is 0.0849. The topological polar surface area (TPSA) is 51.1 Å². The zero-order valence-corrected chi connectivity index (χ0v) is 17.7. The van der Waals surface area contributed by atoms with Crippen molar-refractivity contribution in [1.82, 2.24) is 4.90 Å². The quantitative estimate of drug-likeness (QED) is 0.646. The molecule has 160 valence electrons. The smallest absolute Gasteiger partial charge is 0.422 e. The Morgan fingerprint density at radius 2 is 2.21 bits per heavy atom. The largest absolute Gasteiger partial charge is 0.483 e. The van der Waals surface area contributed by atoms with Gasteiger partial charge in [0.15, 0.2) is 11.8 Å². The molecule has 1 amide bonds. The standard InChI is InChI=1S/C19H22ClF3N2O3S/c1-18(2)10-25(9-13-4-3-7-27-13)17(29-18)24-16(26)14-8-12(20)5-6-15(14)28-11-19(21,22)23/h5-6,8,13H,3-4,7,9-11H2,1-2H3. The predicted octanol–water partition coefficient (Wildman–Crippen LogP) is 4.78. The fourth-order valence-electron chi connectivity index (χ4n) is 3.24. The van der Waals surface area contributed by atoms with E-state index in [1.54, 1.807) is 0 Å². The maximum atomic E-state index is 12.8. The zero-order valence-electron chi connectivity index (χ0n) is 16.1. The second-order valence-electron chi connectivity index (χ2n) is 7.62. The van der Waals surface area contributed by atoms with Gasteiger partial charge >= 0.3 is 6.18 Å². The van der Waals surface area contributed by atoms with Gasteiger partial charge in [-0.05, 0) is 44.9 Å². The van der Waals surface area contributed by atoms with Crippen molar-refractivity contribution in [1.29, 1.82) is 0 Å². The van der Waals surface area contributed by atoms with E-state index in [-0.39, 0.29) is 27.2 Å². The minimum Gasteiger partial charge on any atom is -0.483 e. The molecule has 0 aliphatic carbocycles. The summed E-state index contributed by atoms with van der Waals surface area (Å²) in [4.78, 5) is 19.0. The molecule has 0 N–H and O–H groups in total. The normalized spacial score (nSPS) is 23.0. The van der Waals surface area contributed by atoms with Crippen LogP contribution in [0.15, 0.2) is 23.2 Å².